The first-order valence-corrected chi connectivity index (χ1v) is 4.26. The molecule has 7 heteroatoms. The Morgan fingerprint density at radius 2 is 2.00 bits per heavy atom. The second-order valence-corrected chi connectivity index (χ2v) is 3.04. The lowest BCUT2D eigenvalue weighted by molar-refractivity contribution is -0.274. The molecule has 3 nitrogen and oxygen atoms in total. The summed E-state index contributed by atoms with van der Waals surface area (Å²) < 4.78 is 39.3. The first-order chi connectivity index (χ1) is 7.33. The van der Waals surface area contributed by atoms with E-state index in [9.17, 15) is 22.8 Å². The fourth-order valence-electron chi connectivity index (χ4n) is 0.988. The highest BCUT2D eigenvalue weighted by molar-refractivity contribution is 6.68. The molecule has 0 fully saturated rings. The van der Waals surface area contributed by atoms with E-state index < -0.39 is 22.9 Å². The van der Waals surface area contributed by atoms with Gasteiger partial charge in [0.2, 0.25) is 0 Å². The van der Waals surface area contributed by atoms with E-state index in [4.69, 9.17) is 11.6 Å². The molecular formula is C9H4ClF3O3. The molecule has 0 N–H and O–H groups in total. The Morgan fingerprint density at radius 3 is 2.44 bits per heavy atom. The number of ether oxygens (including phenoxy) is 1. The summed E-state index contributed by atoms with van der Waals surface area (Å²) in [7, 11) is 0. The van der Waals surface area contributed by atoms with Crippen LogP contribution < -0.4 is 4.74 Å². The maximum atomic E-state index is 11.9. The summed E-state index contributed by atoms with van der Waals surface area (Å²) in [5.74, 6) is -0.738. The standard InChI is InChI=1S/C9H4ClF3O3/c10-8(15)6-3-5(4-14)1-2-7(6)16-9(11,12)13/h1-4H. The van der Waals surface area contributed by atoms with Crippen molar-refractivity contribution in [3.63, 3.8) is 0 Å². The Hall–Kier alpha value is -1.56. The molecule has 0 aliphatic rings. The molecule has 1 aromatic rings. The molecule has 1 rings (SSSR count). The molecule has 0 saturated carbocycles. The van der Waals surface area contributed by atoms with Gasteiger partial charge in [0.05, 0.1) is 5.56 Å². The molecule has 0 aliphatic heterocycles. The number of halogens is 4. The number of aldehydes is 1. The van der Waals surface area contributed by atoms with Gasteiger partial charge in [-0.3, -0.25) is 9.59 Å². The molecule has 0 atom stereocenters. The topological polar surface area (TPSA) is 43.4 Å². The zero-order valence-corrected chi connectivity index (χ0v) is 8.30. The van der Waals surface area contributed by atoms with Gasteiger partial charge in [0.15, 0.2) is 0 Å². The van der Waals surface area contributed by atoms with Crippen LogP contribution in [0, 0.1) is 0 Å². The molecule has 0 amide bonds. The third-order valence-corrected chi connectivity index (χ3v) is 1.78. The molecule has 0 unspecified atom stereocenters. The maximum absolute atomic E-state index is 11.9. The van der Waals surface area contributed by atoms with Crippen LogP contribution in [0.2, 0.25) is 0 Å². The number of carbonyl (C=O) groups is 2. The van der Waals surface area contributed by atoms with E-state index in [0.29, 0.717) is 6.29 Å². The fourth-order valence-corrected chi connectivity index (χ4v) is 1.14. The van der Waals surface area contributed by atoms with Crippen molar-refractivity contribution in [3.05, 3.63) is 29.3 Å². The van der Waals surface area contributed by atoms with Crippen LogP contribution in [0.4, 0.5) is 13.2 Å². The smallest absolute Gasteiger partial charge is 0.405 e. The van der Waals surface area contributed by atoms with Gasteiger partial charge in [-0.05, 0) is 29.8 Å². The quantitative estimate of drug-likeness (QED) is 0.614. The normalized spacial score (nSPS) is 11.0. The molecular weight excluding hydrogens is 249 g/mol. The second-order valence-electron chi connectivity index (χ2n) is 2.69. The van der Waals surface area contributed by atoms with Crippen molar-refractivity contribution in [1.29, 1.82) is 0 Å². The van der Waals surface area contributed by atoms with Crippen LogP contribution in [0.25, 0.3) is 0 Å². The lowest BCUT2D eigenvalue weighted by Gasteiger charge is -2.11. The zero-order chi connectivity index (χ0) is 12.3. The highest BCUT2D eigenvalue weighted by Crippen LogP contribution is 2.28. The van der Waals surface area contributed by atoms with Crippen LogP contribution in [0.3, 0.4) is 0 Å². The summed E-state index contributed by atoms with van der Waals surface area (Å²) >= 11 is 5.06. The molecule has 0 bridgehead atoms. The lowest BCUT2D eigenvalue weighted by atomic mass is 10.1. The number of benzene rings is 1. The largest absolute Gasteiger partial charge is 0.573 e. The fraction of sp³-hybridized carbons (Fsp3) is 0.111. The molecule has 1 aromatic carbocycles. The average Bonchev–Trinajstić information content (AvgIpc) is 2.15. The predicted molar refractivity (Wildman–Crippen MR) is 48.7 cm³/mol. The summed E-state index contributed by atoms with van der Waals surface area (Å²) in [6.07, 6.45) is -4.55. The Labute approximate surface area is 92.8 Å². The Morgan fingerprint density at radius 1 is 1.38 bits per heavy atom. The van der Waals surface area contributed by atoms with Crippen molar-refractivity contribution in [2.75, 3.05) is 0 Å². The van der Waals surface area contributed by atoms with E-state index in [1.807, 2.05) is 0 Å². The van der Waals surface area contributed by atoms with Crippen LogP contribution in [-0.2, 0) is 0 Å². The molecule has 86 valence electrons. The summed E-state index contributed by atoms with van der Waals surface area (Å²) in [4.78, 5) is 21.2. The third-order valence-electron chi connectivity index (χ3n) is 1.58. The van der Waals surface area contributed by atoms with Crippen LogP contribution in [0.5, 0.6) is 5.75 Å². The van der Waals surface area contributed by atoms with Crippen molar-refractivity contribution in [2.24, 2.45) is 0 Å². The minimum atomic E-state index is -4.93. The maximum Gasteiger partial charge on any atom is 0.573 e. The average molecular weight is 253 g/mol. The minimum absolute atomic E-state index is 0.0264. The molecule has 0 aromatic heterocycles. The van der Waals surface area contributed by atoms with Gasteiger partial charge in [0, 0.05) is 5.56 Å². The highest BCUT2D eigenvalue weighted by atomic mass is 35.5. The molecule has 0 heterocycles. The number of alkyl halides is 3. The van der Waals surface area contributed by atoms with Crippen LogP contribution >= 0.6 is 11.6 Å². The van der Waals surface area contributed by atoms with Crippen molar-refractivity contribution < 1.29 is 27.5 Å². The van der Waals surface area contributed by atoms with E-state index in [1.165, 1.54) is 0 Å². The van der Waals surface area contributed by atoms with Gasteiger partial charge in [0.25, 0.3) is 5.24 Å². The van der Waals surface area contributed by atoms with E-state index in [-0.39, 0.29) is 5.56 Å². The number of hydrogen-bond acceptors (Lipinski definition) is 3. The molecule has 0 spiro atoms. The summed E-state index contributed by atoms with van der Waals surface area (Å²) in [6.45, 7) is 0. The Bertz CT molecular complexity index is 428. The predicted octanol–water partition coefficient (Wildman–Crippen LogP) is 2.78. The van der Waals surface area contributed by atoms with Crippen molar-refractivity contribution in [1.82, 2.24) is 0 Å². The van der Waals surface area contributed by atoms with E-state index in [0.717, 1.165) is 18.2 Å². The zero-order valence-electron chi connectivity index (χ0n) is 7.55. The van der Waals surface area contributed by atoms with Crippen LogP contribution in [0.15, 0.2) is 18.2 Å². The monoisotopic (exact) mass is 252 g/mol. The summed E-state index contributed by atoms with van der Waals surface area (Å²) in [6, 6.07) is 2.85. The second kappa shape index (κ2) is 4.52. The third kappa shape index (κ3) is 3.23. The van der Waals surface area contributed by atoms with Crippen molar-refractivity contribution in [3.8, 4) is 5.75 Å². The molecule has 16 heavy (non-hydrogen) atoms. The first kappa shape index (κ1) is 12.5. The molecule has 0 aliphatic carbocycles. The highest BCUT2D eigenvalue weighted by Gasteiger charge is 2.32. The summed E-state index contributed by atoms with van der Waals surface area (Å²) in [5, 5.41) is -1.14. The van der Waals surface area contributed by atoms with Gasteiger partial charge in [-0.2, -0.15) is 0 Å². The van der Waals surface area contributed by atoms with Gasteiger partial charge >= 0.3 is 6.36 Å². The first-order valence-electron chi connectivity index (χ1n) is 3.88. The minimum Gasteiger partial charge on any atom is -0.405 e. The van der Waals surface area contributed by atoms with E-state index >= 15 is 0 Å². The van der Waals surface area contributed by atoms with Gasteiger partial charge < -0.3 is 4.74 Å². The molecule has 0 radical (unpaired) electrons. The Balaban J connectivity index is 3.18. The number of carbonyl (C=O) groups excluding carboxylic acids is 2. The number of hydrogen-bond donors (Lipinski definition) is 0. The van der Waals surface area contributed by atoms with E-state index in [2.05, 4.69) is 4.74 Å². The van der Waals surface area contributed by atoms with Gasteiger partial charge in [-0.1, -0.05) is 0 Å². The van der Waals surface area contributed by atoms with Crippen LogP contribution in [0.1, 0.15) is 20.7 Å². The van der Waals surface area contributed by atoms with Crippen molar-refractivity contribution >= 4 is 23.1 Å². The lowest BCUT2D eigenvalue weighted by Crippen LogP contribution is -2.18. The SMILES string of the molecule is O=Cc1ccc(OC(F)(F)F)c(C(=O)Cl)c1. The van der Waals surface area contributed by atoms with Gasteiger partial charge in [-0.25, -0.2) is 0 Å². The number of rotatable bonds is 3. The summed E-state index contributed by atoms with van der Waals surface area (Å²) in [5.41, 5.74) is -0.484. The van der Waals surface area contributed by atoms with E-state index in [1.54, 1.807) is 0 Å². The Kier molecular flexibility index (Phi) is 3.54. The van der Waals surface area contributed by atoms with Gasteiger partial charge in [0.1, 0.15) is 12.0 Å². The molecule has 0 saturated heterocycles. The van der Waals surface area contributed by atoms with Gasteiger partial charge in [-0.15, -0.1) is 13.2 Å². The van der Waals surface area contributed by atoms with Crippen molar-refractivity contribution in [2.45, 2.75) is 6.36 Å². The van der Waals surface area contributed by atoms with Crippen LogP contribution in [-0.4, -0.2) is 17.9 Å².